The molecule has 1 saturated heterocycles. The van der Waals surface area contributed by atoms with E-state index in [4.69, 9.17) is 0 Å². The van der Waals surface area contributed by atoms with Gasteiger partial charge in [-0.3, -0.25) is 4.79 Å². The van der Waals surface area contributed by atoms with Gasteiger partial charge in [-0.2, -0.15) is 0 Å². The quantitative estimate of drug-likeness (QED) is 0.607. The molecular weight excluding hydrogens is 359 g/mol. The average Bonchev–Trinajstić information content (AvgIpc) is 2.62. The lowest BCUT2D eigenvalue weighted by atomic mass is 10.1. The van der Waals surface area contributed by atoms with Crippen molar-refractivity contribution in [3.8, 4) is 0 Å². The fourth-order valence-corrected chi connectivity index (χ4v) is 3.92. The fourth-order valence-electron chi connectivity index (χ4n) is 3.13. The summed E-state index contributed by atoms with van der Waals surface area (Å²) in [5, 5.41) is 8.15. The van der Waals surface area contributed by atoms with E-state index < -0.39 is 0 Å². The van der Waals surface area contributed by atoms with Gasteiger partial charge in [0.15, 0.2) is 0 Å². The van der Waals surface area contributed by atoms with Gasteiger partial charge in [-0.05, 0) is 42.9 Å². The van der Waals surface area contributed by atoms with E-state index in [1.54, 1.807) is 12.1 Å². The molecule has 135 valence electrons. The summed E-state index contributed by atoms with van der Waals surface area (Å²) in [5.74, 6) is 1.17. The first-order valence-electron chi connectivity index (χ1n) is 8.93. The van der Waals surface area contributed by atoms with E-state index >= 15 is 0 Å². The number of nitrogens with one attached hydrogen (secondary N) is 2. The van der Waals surface area contributed by atoms with Gasteiger partial charge < -0.3 is 15.5 Å². The van der Waals surface area contributed by atoms with Crippen molar-refractivity contribution in [3.05, 3.63) is 42.0 Å². The maximum absolute atomic E-state index is 12.5. The van der Waals surface area contributed by atoms with Crippen LogP contribution in [0.15, 0.2) is 36.4 Å². The molecule has 7 heteroatoms. The van der Waals surface area contributed by atoms with Crippen molar-refractivity contribution in [2.45, 2.75) is 25.8 Å². The summed E-state index contributed by atoms with van der Waals surface area (Å²) < 4.78 is 0. The minimum Gasteiger partial charge on any atom is -0.367 e. The van der Waals surface area contributed by atoms with Crippen LogP contribution in [-0.2, 0) is 0 Å². The molecule has 1 unspecified atom stereocenters. The molecule has 1 aliphatic rings. The summed E-state index contributed by atoms with van der Waals surface area (Å²) in [5.41, 5.74) is 0.583. The van der Waals surface area contributed by atoms with Gasteiger partial charge in [0, 0.05) is 24.7 Å². The smallest absolute Gasteiger partial charge is 0.256 e. The molecule has 3 rings (SSSR count). The van der Waals surface area contributed by atoms with E-state index in [1.165, 1.54) is 0 Å². The van der Waals surface area contributed by atoms with Crippen molar-refractivity contribution in [2.75, 3.05) is 30.3 Å². The minimum absolute atomic E-state index is 0.180. The molecule has 3 radical (unpaired) electrons. The monoisotopic (exact) mass is 383 g/mol. The number of hydrogen-bond acceptors (Lipinski definition) is 4. The predicted octanol–water partition coefficient (Wildman–Crippen LogP) is 1.52. The summed E-state index contributed by atoms with van der Waals surface area (Å²) in [7, 11) is 6.11. The highest BCUT2D eigenvalue weighted by molar-refractivity contribution is 7.27. The molecular formula is C19H24N4OPSi. The highest BCUT2D eigenvalue weighted by atomic mass is 31.0. The van der Waals surface area contributed by atoms with E-state index in [2.05, 4.69) is 46.9 Å². The zero-order chi connectivity index (χ0) is 18.5. The number of anilines is 2. The van der Waals surface area contributed by atoms with Gasteiger partial charge in [0.2, 0.25) is 0 Å². The van der Waals surface area contributed by atoms with E-state index in [0.717, 1.165) is 48.8 Å². The Labute approximate surface area is 160 Å². The van der Waals surface area contributed by atoms with Gasteiger partial charge >= 0.3 is 0 Å². The largest absolute Gasteiger partial charge is 0.367 e. The van der Waals surface area contributed by atoms with E-state index in [0.29, 0.717) is 17.4 Å². The molecule has 0 bridgehead atoms. The molecule has 5 nitrogen and oxygen atoms in total. The molecule has 1 amide bonds. The third-order valence-corrected chi connectivity index (χ3v) is 5.44. The lowest BCUT2D eigenvalue weighted by Gasteiger charge is -2.31. The summed E-state index contributed by atoms with van der Waals surface area (Å²) in [6.07, 6.45) is 2.22. The lowest BCUT2D eigenvalue weighted by Crippen LogP contribution is -2.39. The third-order valence-electron chi connectivity index (χ3n) is 4.67. The van der Waals surface area contributed by atoms with Crippen LogP contribution in [0.25, 0.3) is 0 Å². The second-order valence-corrected chi connectivity index (χ2v) is 7.73. The molecule has 1 fully saturated rings. The van der Waals surface area contributed by atoms with Crippen LogP contribution >= 0.6 is 9.24 Å². The first-order chi connectivity index (χ1) is 12.5. The lowest BCUT2D eigenvalue weighted by molar-refractivity contribution is 0.102. The van der Waals surface area contributed by atoms with Crippen molar-refractivity contribution >= 4 is 47.5 Å². The van der Waals surface area contributed by atoms with Crippen LogP contribution < -0.4 is 21.1 Å². The fraction of sp³-hybridized carbons (Fsp3) is 0.368. The van der Waals surface area contributed by atoms with Gasteiger partial charge in [0.25, 0.3) is 5.91 Å². The Hall–Kier alpha value is -1.75. The molecule has 1 aliphatic heterocycles. The first-order valence-corrected chi connectivity index (χ1v) is 10.0. The van der Waals surface area contributed by atoms with Gasteiger partial charge in [-0.1, -0.05) is 30.3 Å². The second-order valence-electron chi connectivity index (χ2n) is 6.52. The molecule has 1 atom stereocenters. The van der Waals surface area contributed by atoms with Crippen molar-refractivity contribution in [2.24, 2.45) is 0 Å². The normalized spacial score (nSPS) is 15.7. The Balaban J connectivity index is 1.63. The van der Waals surface area contributed by atoms with E-state index in [-0.39, 0.29) is 5.91 Å². The Kier molecular flexibility index (Phi) is 6.41. The molecule has 2 aromatic rings. The van der Waals surface area contributed by atoms with Crippen molar-refractivity contribution in [3.63, 3.8) is 0 Å². The average molecular weight is 383 g/mol. The van der Waals surface area contributed by atoms with Gasteiger partial charge in [-0.15, -0.1) is 9.24 Å². The number of carbonyl (C=O) groups excluding carboxylic acids is 1. The maximum atomic E-state index is 12.5. The van der Waals surface area contributed by atoms with Crippen LogP contribution in [0.3, 0.4) is 0 Å². The van der Waals surface area contributed by atoms with Crippen LogP contribution in [0.5, 0.6) is 0 Å². The Morgan fingerprint density at radius 2 is 2.00 bits per heavy atom. The minimum atomic E-state index is -0.180. The number of nitrogens with zero attached hydrogens (tertiary/aromatic N) is 2. The highest BCUT2D eigenvalue weighted by Crippen LogP contribution is 2.17. The zero-order valence-corrected chi connectivity index (χ0v) is 17.1. The summed E-state index contributed by atoms with van der Waals surface area (Å²) in [4.78, 5) is 19.5. The molecule has 26 heavy (non-hydrogen) atoms. The predicted molar refractivity (Wildman–Crippen MR) is 112 cm³/mol. The van der Waals surface area contributed by atoms with Crippen LogP contribution in [0.1, 0.15) is 30.1 Å². The number of likely N-dealkylation sites (tertiary alicyclic amines) is 1. The van der Waals surface area contributed by atoms with E-state index in [1.807, 2.05) is 24.3 Å². The van der Waals surface area contributed by atoms with Gasteiger partial charge in [0.05, 0.1) is 10.2 Å². The molecule has 1 aromatic carbocycles. The van der Waals surface area contributed by atoms with E-state index in [9.17, 15) is 4.79 Å². The first kappa shape index (κ1) is 19.0. The highest BCUT2D eigenvalue weighted by Gasteiger charge is 2.18. The number of amides is 1. The molecule has 1 aromatic heterocycles. The van der Waals surface area contributed by atoms with Gasteiger partial charge in [0.1, 0.15) is 11.6 Å². The molecule has 2 heterocycles. The molecule has 2 N–H and O–H groups in total. The van der Waals surface area contributed by atoms with Crippen LogP contribution in [0.4, 0.5) is 11.6 Å². The third kappa shape index (κ3) is 4.91. The van der Waals surface area contributed by atoms with Crippen LogP contribution in [-0.4, -0.2) is 51.7 Å². The summed E-state index contributed by atoms with van der Waals surface area (Å²) in [6.45, 7) is 5.54. The number of hydrogen-bond donors (Lipinski definition) is 2. The molecule has 0 saturated carbocycles. The van der Waals surface area contributed by atoms with Crippen molar-refractivity contribution < 1.29 is 4.79 Å². The van der Waals surface area contributed by atoms with Crippen molar-refractivity contribution in [1.82, 2.24) is 9.88 Å². The maximum Gasteiger partial charge on any atom is 0.256 e. The SMILES string of the molecule is CCN1CCC(Nc2cccc(NC(=O)c3ccc(P)cc3[Si])n2)CC1. The van der Waals surface area contributed by atoms with Crippen LogP contribution in [0, 0.1) is 0 Å². The number of benzene rings is 1. The Morgan fingerprint density at radius 1 is 1.27 bits per heavy atom. The number of piperidine rings is 1. The van der Waals surface area contributed by atoms with Gasteiger partial charge in [-0.25, -0.2) is 4.98 Å². The number of rotatable bonds is 5. The summed E-state index contributed by atoms with van der Waals surface area (Å²) >= 11 is 0. The van der Waals surface area contributed by atoms with Crippen LogP contribution in [0.2, 0.25) is 0 Å². The standard InChI is InChI=1S/C19H24N4OPSi/c1-2-23-10-8-13(9-11-23)20-17-4-3-5-18(21-17)22-19(24)15-7-6-14(25)12-16(15)26/h3-7,12-13H,2,8-11,25H2,1H3,(H2,20,21,22,24). The Morgan fingerprint density at radius 3 is 2.69 bits per heavy atom. The number of carbonyl (C=O) groups is 1. The summed E-state index contributed by atoms with van der Waals surface area (Å²) in [6, 6.07) is 11.7. The van der Waals surface area contributed by atoms with Crippen molar-refractivity contribution in [1.29, 1.82) is 0 Å². The molecule has 0 spiro atoms. The zero-order valence-electron chi connectivity index (χ0n) is 15.0. The second kappa shape index (κ2) is 8.76. The topological polar surface area (TPSA) is 57.3 Å². The number of aromatic nitrogens is 1. The Bertz CT molecular complexity index is 778. The number of pyridine rings is 1. The molecule has 0 aliphatic carbocycles.